The summed E-state index contributed by atoms with van der Waals surface area (Å²) >= 11 is 3.21. The van der Waals surface area contributed by atoms with Crippen molar-refractivity contribution < 1.29 is 18.3 Å². The number of sulfone groups is 1. The van der Waals surface area contributed by atoms with Gasteiger partial charge < -0.3 is 10.0 Å². The molecule has 1 rings (SSSR count). The molecule has 0 heterocycles. The fourth-order valence-electron chi connectivity index (χ4n) is 1.29. The second-order valence-electron chi connectivity index (χ2n) is 4.02. The summed E-state index contributed by atoms with van der Waals surface area (Å²) in [6, 6.07) is 4.51. The molecule has 5 nitrogen and oxygen atoms in total. The fraction of sp³-hybridized carbons (Fsp3) is 0.364. The molecule has 0 fully saturated rings. The number of benzene rings is 1. The van der Waals surface area contributed by atoms with Gasteiger partial charge in [0.05, 0.1) is 11.3 Å². The number of carbonyl (C=O) groups is 1. The molecule has 0 aliphatic carbocycles. The van der Waals surface area contributed by atoms with Crippen LogP contribution in [0.15, 0.2) is 22.7 Å². The summed E-state index contributed by atoms with van der Waals surface area (Å²) in [6.45, 7) is 0.0869. The fourth-order valence-corrected chi connectivity index (χ4v) is 2.26. The van der Waals surface area contributed by atoms with Crippen molar-refractivity contribution in [1.82, 2.24) is 4.90 Å². The minimum atomic E-state index is -3.12. The molecule has 0 aliphatic rings. The van der Waals surface area contributed by atoms with E-state index in [9.17, 15) is 18.3 Å². The van der Waals surface area contributed by atoms with Gasteiger partial charge in [0, 0.05) is 24.3 Å². The van der Waals surface area contributed by atoms with Gasteiger partial charge in [0.1, 0.15) is 15.6 Å². The van der Waals surface area contributed by atoms with E-state index in [1.165, 1.54) is 24.1 Å². The lowest BCUT2D eigenvalue weighted by molar-refractivity contribution is 0.0800. The molecule has 0 atom stereocenters. The van der Waals surface area contributed by atoms with Crippen molar-refractivity contribution in [3.05, 3.63) is 28.2 Å². The molecule has 100 valence electrons. The van der Waals surface area contributed by atoms with Crippen LogP contribution in [0.25, 0.3) is 0 Å². The Labute approximate surface area is 114 Å². The van der Waals surface area contributed by atoms with Crippen molar-refractivity contribution in [2.24, 2.45) is 0 Å². The Kier molecular flexibility index (Phi) is 4.75. The highest BCUT2D eigenvalue weighted by molar-refractivity contribution is 9.10. The zero-order valence-electron chi connectivity index (χ0n) is 10.1. The van der Waals surface area contributed by atoms with E-state index in [0.29, 0.717) is 4.47 Å². The van der Waals surface area contributed by atoms with Crippen LogP contribution in [0.1, 0.15) is 10.4 Å². The van der Waals surface area contributed by atoms with Crippen molar-refractivity contribution in [1.29, 1.82) is 0 Å². The Morgan fingerprint density at radius 3 is 2.61 bits per heavy atom. The molecular weight excluding hydrogens is 322 g/mol. The number of nitrogens with zero attached hydrogens (tertiary/aromatic N) is 1. The number of amides is 1. The van der Waals surface area contributed by atoms with Crippen LogP contribution in [-0.2, 0) is 9.84 Å². The lowest BCUT2D eigenvalue weighted by Gasteiger charge is -2.17. The van der Waals surface area contributed by atoms with Gasteiger partial charge in [-0.2, -0.15) is 0 Å². The quantitative estimate of drug-likeness (QED) is 0.899. The molecular formula is C11H14BrNO4S. The van der Waals surface area contributed by atoms with Gasteiger partial charge in [0.25, 0.3) is 5.91 Å². The van der Waals surface area contributed by atoms with Gasteiger partial charge in [0.2, 0.25) is 0 Å². The Hall–Kier alpha value is -1.08. The highest BCUT2D eigenvalue weighted by Gasteiger charge is 2.17. The smallest absolute Gasteiger partial charge is 0.257 e. The van der Waals surface area contributed by atoms with Gasteiger partial charge in [-0.05, 0) is 18.2 Å². The number of hydrogen-bond donors (Lipinski definition) is 1. The summed E-state index contributed by atoms with van der Waals surface area (Å²) in [5, 5.41) is 9.60. The largest absolute Gasteiger partial charge is 0.507 e. The van der Waals surface area contributed by atoms with Gasteiger partial charge in [-0.15, -0.1) is 0 Å². The average Bonchev–Trinajstić information content (AvgIpc) is 2.27. The monoisotopic (exact) mass is 335 g/mol. The average molecular weight is 336 g/mol. The van der Waals surface area contributed by atoms with Gasteiger partial charge >= 0.3 is 0 Å². The van der Waals surface area contributed by atoms with Crippen LogP contribution in [0, 0.1) is 0 Å². The van der Waals surface area contributed by atoms with Crippen LogP contribution in [-0.4, -0.2) is 49.9 Å². The topological polar surface area (TPSA) is 74.7 Å². The van der Waals surface area contributed by atoms with Crippen LogP contribution in [0.4, 0.5) is 0 Å². The summed E-state index contributed by atoms with van der Waals surface area (Å²) in [5.41, 5.74) is 0.139. The number of phenolic OH excluding ortho intramolecular Hbond substituents is 1. The maximum atomic E-state index is 12.0. The standard InChI is InChI=1S/C11H14BrNO4S/c1-13(5-6-18(2,16)17)11(15)9-7-8(12)3-4-10(9)14/h3-4,7,14H,5-6H2,1-2H3. The van der Waals surface area contributed by atoms with E-state index in [1.807, 2.05) is 0 Å². The third kappa shape index (κ3) is 4.30. The number of halogens is 1. The molecule has 0 unspecified atom stereocenters. The van der Waals surface area contributed by atoms with Crippen LogP contribution < -0.4 is 0 Å². The van der Waals surface area contributed by atoms with E-state index < -0.39 is 15.7 Å². The number of aromatic hydroxyl groups is 1. The molecule has 0 saturated heterocycles. The Morgan fingerprint density at radius 1 is 1.44 bits per heavy atom. The Morgan fingerprint density at radius 2 is 2.06 bits per heavy atom. The van der Waals surface area contributed by atoms with Crippen LogP contribution in [0.3, 0.4) is 0 Å². The molecule has 1 N–H and O–H groups in total. The van der Waals surface area contributed by atoms with Gasteiger partial charge in [-0.1, -0.05) is 15.9 Å². The molecule has 0 aliphatic heterocycles. The van der Waals surface area contributed by atoms with Gasteiger partial charge in [-0.25, -0.2) is 8.42 Å². The minimum Gasteiger partial charge on any atom is -0.507 e. The highest BCUT2D eigenvalue weighted by atomic mass is 79.9. The zero-order chi connectivity index (χ0) is 13.9. The molecule has 1 aromatic carbocycles. The third-order valence-electron chi connectivity index (χ3n) is 2.33. The van der Waals surface area contributed by atoms with Crippen LogP contribution in [0.5, 0.6) is 5.75 Å². The first-order valence-corrected chi connectivity index (χ1v) is 7.98. The first-order valence-electron chi connectivity index (χ1n) is 5.12. The predicted octanol–water partition coefficient (Wildman–Crippen LogP) is 1.27. The first-order chi connectivity index (χ1) is 8.20. The maximum absolute atomic E-state index is 12.0. The molecule has 0 saturated carbocycles. The van der Waals surface area contributed by atoms with E-state index in [2.05, 4.69) is 15.9 Å². The summed E-state index contributed by atoms with van der Waals surface area (Å²) < 4.78 is 22.7. The molecule has 0 radical (unpaired) electrons. The number of phenols is 1. The zero-order valence-corrected chi connectivity index (χ0v) is 12.5. The second-order valence-corrected chi connectivity index (χ2v) is 7.19. The predicted molar refractivity (Wildman–Crippen MR) is 72.5 cm³/mol. The molecule has 0 bridgehead atoms. The molecule has 7 heteroatoms. The number of hydrogen-bond acceptors (Lipinski definition) is 4. The van der Waals surface area contributed by atoms with Crippen molar-refractivity contribution in [3.8, 4) is 5.75 Å². The van der Waals surface area contributed by atoms with Crippen molar-refractivity contribution in [3.63, 3.8) is 0 Å². The maximum Gasteiger partial charge on any atom is 0.257 e. The lowest BCUT2D eigenvalue weighted by atomic mass is 10.2. The Balaban J connectivity index is 2.83. The van der Waals surface area contributed by atoms with E-state index in [0.717, 1.165) is 6.26 Å². The Bertz CT molecular complexity index is 556. The lowest BCUT2D eigenvalue weighted by Crippen LogP contribution is -2.31. The van der Waals surface area contributed by atoms with E-state index >= 15 is 0 Å². The van der Waals surface area contributed by atoms with Gasteiger partial charge in [0.15, 0.2) is 0 Å². The number of rotatable bonds is 4. The van der Waals surface area contributed by atoms with Crippen molar-refractivity contribution in [2.75, 3.05) is 25.6 Å². The molecule has 0 spiro atoms. The summed E-state index contributed by atoms with van der Waals surface area (Å²) in [5.74, 6) is -0.656. The summed E-state index contributed by atoms with van der Waals surface area (Å²) in [4.78, 5) is 13.3. The van der Waals surface area contributed by atoms with E-state index in [1.54, 1.807) is 6.07 Å². The van der Waals surface area contributed by atoms with Crippen molar-refractivity contribution >= 4 is 31.7 Å². The molecule has 1 amide bonds. The van der Waals surface area contributed by atoms with Crippen LogP contribution >= 0.6 is 15.9 Å². The molecule has 18 heavy (non-hydrogen) atoms. The number of carbonyl (C=O) groups excluding carboxylic acids is 1. The SMILES string of the molecule is CN(CCS(C)(=O)=O)C(=O)c1cc(Br)ccc1O. The van der Waals surface area contributed by atoms with Crippen LogP contribution in [0.2, 0.25) is 0 Å². The van der Waals surface area contributed by atoms with E-state index in [4.69, 9.17) is 0 Å². The van der Waals surface area contributed by atoms with Gasteiger partial charge in [-0.3, -0.25) is 4.79 Å². The highest BCUT2D eigenvalue weighted by Crippen LogP contribution is 2.22. The minimum absolute atomic E-state index is 0.0869. The molecule has 1 aromatic rings. The first kappa shape index (κ1) is 15.0. The normalized spacial score (nSPS) is 11.3. The summed E-state index contributed by atoms with van der Waals surface area (Å²) in [6.07, 6.45) is 1.11. The van der Waals surface area contributed by atoms with E-state index in [-0.39, 0.29) is 23.6 Å². The second kappa shape index (κ2) is 5.71. The molecule has 0 aromatic heterocycles. The van der Waals surface area contributed by atoms with Crippen molar-refractivity contribution in [2.45, 2.75) is 0 Å². The third-order valence-corrected chi connectivity index (χ3v) is 3.75. The summed E-state index contributed by atoms with van der Waals surface area (Å²) in [7, 11) is -1.62.